The molecule has 1 N–H and O–H groups in total. The number of carbonyl (C=O) groups excluding carboxylic acids is 1. The Morgan fingerprint density at radius 1 is 1.06 bits per heavy atom. The van der Waals surface area contributed by atoms with Gasteiger partial charge in [0.1, 0.15) is 5.76 Å². The first-order valence-electron chi connectivity index (χ1n) is 11.5. The van der Waals surface area contributed by atoms with E-state index in [9.17, 15) is 4.79 Å². The second-order valence-electron chi connectivity index (χ2n) is 8.29. The van der Waals surface area contributed by atoms with Gasteiger partial charge < -0.3 is 19.4 Å². The van der Waals surface area contributed by atoms with Gasteiger partial charge in [0, 0.05) is 18.7 Å². The van der Waals surface area contributed by atoms with Gasteiger partial charge in [-0.1, -0.05) is 47.7 Å². The van der Waals surface area contributed by atoms with Crippen LogP contribution in [0.15, 0.2) is 76.5 Å². The van der Waals surface area contributed by atoms with Crippen LogP contribution in [0.5, 0.6) is 0 Å². The highest BCUT2D eigenvalue weighted by Crippen LogP contribution is 2.28. The average Bonchev–Trinajstić information content (AvgIpc) is 3.54. The van der Waals surface area contributed by atoms with Crippen molar-refractivity contribution < 1.29 is 13.9 Å². The highest BCUT2D eigenvalue weighted by molar-refractivity contribution is 7.99. The summed E-state index contributed by atoms with van der Waals surface area (Å²) in [5, 5.41) is 12.6. The summed E-state index contributed by atoms with van der Waals surface area (Å²) in [6.45, 7) is 5.51. The molecule has 1 saturated heterocycles. The van der Waals surface area contributed by atoms with Crippen LogP contribution in [0.3, 0.4) is 0 Å². The molecule has 1 amide bonds. The monoisotopic (exact) mass is 489 g/mol. The lowest BCUT2D eigenvalue weighted by Gasteiger charge is -2.30. The van der Waals surface area contributed by atoms with Gasteiger partial charge in [-0.25, -0.2) is 0 Å². The lowest BCUT2D eigenvalue weighted by atomic mass is 10.1. The number of ether oxygens (including phenoxy) is 1. The first-order valence-corrected chi connectivity index (χ1v) is 12.5. The summed E-state index contributed by atoms with van der Waals surface area (Å²) < 4.78 is 13.0. The van der Waals surface area contributed by atoms with Gasteiger partial charge >= 0.3 is 0 Å². The second-order valence-corrected chi connectivity index (χ2v) is 9.24. The summed E-state index contributed by atoms with van der Waals surface area (Å²) in [5.41, 5.74) is 3.93. The lowest BCUT2D eigenvalue weighted by Crippen LogP contribution is -2.36. The summed E-state index contributed by atoms with van der Waals surface area (Å²) >= 11 is 1.36. The number of anilines is 2. The van der Waals surface area contributed by atoms with Crippen LogP contribution in [0.4, 0.5) is 11.4 Å². The number of rotatable bonds is 8. The van der Waals surface area contributed by atoms with Crippen LogP contribution in [-0.2, 0) is 16.1 Å². The van der Waals surface area contributed by atoms with Crippen molar-refractivity contribution in [2.24, 2.45) is 0 Å². The van der Waals surface area contributed by atoms with Gasteiger partial charge in [-0.05, 0) is 37.3 Å². The van der Waals surface area contributed by atoms with E-state index in [1.54, 1.807) is 6.26 Å². The van der Waals surface area contributed by atoms with Crippen molar-refractivity contribution in [3.05, 3.63) is 78.3 Å². The number of furan rings is 1. The normalized spacial score (nSPS) is 13.7. The van der Waals surface area contributed by atoms with E-state index in [1.807, 2.05) is 66.1 Å². The number of thioether (sulfide) groups is 1. The third-order valence-electron chi connectivity index (χ3n) is 5.75. The predicted molar refractivity (Wildman–Crippen MR) is 137 cm³/mol. The number of hydrogen-bond acceptors (Lipinski definition) is 7. The minimum atomic E-state index is -0.0969. The largest absolute Gasteiger partial charge is 0.467 e. The zero-order valence-corrected chi connectivity index (χ0v) is 20.3. The Kier molecular flexibility index (Phi) is 7.15. The molecule has 0 atom stereocenters. The maximum atomic E-state index is 12.9. The molecule has 2 aromatic carbocycles. The van der Waals surface area contributed by atoms with Crippen LogP contribution in [0.1, 0.15) is 11.3 Å². The third-order valence-corrected chi connectivity index (χ3v) is 6.72. The number of carbonyl (C=O) groups is 1. The molecule has 1 aliphatic heterocycles. The predicted octanol–water partition coefficient (Wildman–Crippen LogP) is 4.46. The quantitative estimate of drug-likeness (QED) is 0.366. The molecule has 35 heavy (non-hydrogen) atoms. The van der Waals surface area contributed by atoms with Crippen molar-refractivity contribution >= 4 is 29.0 Å². The van der Waals surface area contributed by atoms with Crippen LogP contribution in [0, 0.1) is 6.92 Å². The first-order chi connectivity index (χ1) is 17.2. The topological polar surface area (TPSA) is 85.4 Å². The van der Waals surface area contributed by atoms with E-state index < -0.39 is 0 Å². The van der Waals surface area contributed by atoms with Gasteiger partial charge in [-0.2, -0.15) is 0 Å². The molecule has 0 radical (unpaired) electrons. The van der Waals surface area contributed by atoms with Crippen molar-refractivity contribution in [3.8, 4) is 11.4 Å². The van der Waals surface area contributed by atoms with Gasteiger partial charge in [0.2, 0.25) is 5.91 Å². The van der Waals surface area contributed by atoms with Crippen LogP contribution in [0.2, 0.25) is 0 Å². The second kappa shape index (κ2) is 10.8. The van der Waals surface area contributed by atoms with E-state index in [1.165, 1.54) is 11.8 Å². The maximum absolute atomic E-state index is 12.9. The molecule has 0 saturated carbocycles. The van der Waals surface area contributed by atoms with E-state index in [0.717, 1.165) is 47.2 Å². The highest BCUT2D eigenvalue weighted by Gasteiger charge is 2.19. The molecule has 0 unspecified atom stereocenters. The molecule has 9 heteroatoms. The molecule has 0 spiro atoms. The molecule has 5 rings (SSSR count). The van der Waals surface area contributed by atoms with Crippen LogP contribution in [0.25, 0.3) is 11.4 Å². The number of morpholine rings is 1. The minimum Gasteiger partial charge on any atom is -0.467 e. The van der Waals surface area contributed by atoms with Crippen molar-refractivity contribution in [1.82, 2.24) is 14.8 Å². The molecule has 2 aromatic heterocycles. The number of aromatic nitrogens is 3. The molecule has 1 fully saturated rings. The molecule has 3 heterocycles. The fourth-order valence-electron chi connectivity index (χ4n) is 4.07. The van der Waals surface area contributed by atoms with E-state index in [-0.39, 0.29) is 11.7 Å². The Hall–Kier alpha value is -3.56. The molecule has 180 valence electrons. The number of benzene rings is 2. The van der Waals surface area contributed by atoms with Gasteiger partial charge in [-0.3, -0.25) is 9.36 Å². The Balaban J connectivity index is 1.32. The zero-order chi connectivity index (χ0) is 24.0. The number of hydrogen-bond donors (Lipinski definition) is 1. The van der Waals surface area contributed by atoms with E-state index >= 15 is 0 Å². The number of para-hydroxylation sites is 2. The Morgan fingerprint density at radius 2 is 1.91 bits per heavy atom. The average molecular weight is 490 g/mol. The van der Waals surface area contributed by atoms with Gasteiger partial charge in [0.05, 0.1) is 43.1 Å². The standard InChI is InChI=1S/C26H27N5O3S/c1-19-6-4-7-20(16-19)25-28-29-26(31(25)17-21-8-5-13-34-21)35-18-24(32)27-22-9-2-3-10-23(22)30-11-14-33-15-12-30/h2-10,13,16H,11-12,14-15,17-18H2,1H3,(H,27,32). The van der Waals surface area contributed by atoms with Gasteiger partial charge in [0.15, 0.2) is 11.0 Å². The molecule has 0 aliphatic carbocycles. The van der Waals surface area contributed by atoms with Crippen molar-refractivity contribution in [1.29, 1.82) is 0 Å². The Morgan fingerprint density at radius 3 is 2.71 bits per heavy atom. The highest BCUT2D eigenvalue weighted by atomic mass is 32.2. The number of aryl methyl sites for hydroxylation is 1. The van der Waals surface area contributed by atoms with Crippen molar-refractivity contribution in [2.45, 2.75) is 18.6 Å². The summed E-state index contributed by atoms with van der Waals surface area (Å²) in [7, 11) is 0. The number of amides is 1. The van der Waals surface area contributed by atoms with Gasteiger partial charge in [-0.15, -0.1) is 10.2 Å². The molecule has 4 aromatic rings. The van der Waals surface area contributed by atoms with E-state index in [4.69, 9.17) is 9.15 Å². The molecule has 1 aliphatic rings. The van der Waals surface area contributed by atoms with E-state index in [0.29, 0.717) is 24.9 Å². The molecule has 8 nitrogen and oxygen atoms in total. The Bertz CT molecular complexity index is 1280. The van der Waals surface area contributed by atoms with Crippen LogP contribution >= 0.6 is 11.8 Å². The summed E-state index contributed by atoms with van der Waals surface area (Å²) in [6.07, 6.45) is 1.65. The maximum Gasteiger partial charge on any atom is 0.234 e. The fraction of sp³-hybridized carbons (Fsp3) is 0.269. The lowest BCUT2D eigenvalue weighted by molar-refractivity contribution is -0.113. The number of nitrogens with zero attached hydrogens (tertiary/aromatic N) is 4. The SMILES string of the molecule is Cc1cccc(-c2nnc(SCC(=O)Nc3ccccc3N3CCOCC3)n2Cc2ccco2)c1. The summed E-state index contributed by atoms with van der Waals surface area (Å²) in [5.74, 6) is 1.65. The summed E-state index contributed by atoms with van der Waals surface area (Å²) in [6, 6.07) is 19.8. The van der Waals surface area contributed by atoms with Crippen LogP contribution < -0.4 is 10.2 Å². The smallest absolute Gasteiger partial charge is 0.234 e. The van der Waals surface area contributed by atoms with Crippen LogP contribution in [-0.4, -0.2) is 52.7 Å². The van der Waals surface area contributed by atoms with E-state index in [2.05, 4.69) is 26.5 Å². The third kappa shape index (κ3) is 5.58. The zero-order valence-electron chi connectivity index (χ0n) is 19.5. The first kappa shape index (κ1) is 23.2. The summed E-state index contributed by atoms with van der Waals surface area (Å²) in [4.78, 5) is 15.2. The molecule has 0 bridgehead atoms. The van der Waals surface area contributed by atoms with Gasteiger partial charge in [0.25, 0.3) is 0 Å². The fourth-order valence-corrected chi connectivity index (χ4v) is 4.81. The number of nitrogens with one attached hydrogen (secondary N) is 1. The molecular weight excluding hydrogens is 462 g/mol. The molecular formula is C26H27N5O3S. The van der Waals surface area contributed by atoms with Crippen molar-refractivity contribution in [3.63, 3.8) is 0 Å². The van der Waals surface area contributed by atoms with Crippen molar-refractivity contribution in [2.75, 3.05) is 42.3 Å². The Labute approximate surface area is 208 Å². The minimum absolute atomic E-state index is 0.0969.